The van der Waals surface area contributed by atoms with Crippen LogP contribution in [0, 0.1) is 8.99 Å². The van der Waals surface area contributed by atoms with Crippen molar-refractivity contribution in [2.75, 3.05) is 0 Å². The molecule has 0 amide bonds. The first-order valence-corrected chi connectivity index (χ1v) is 16.3. The van der Waals surface area contributed by atoms with Crippen molar-refractivity contribution in [1.29, 1.82) is 0 Å². The summed E-state index contributed by atoms with van der Waals surface area (Å²) in [5.41, 5.74) is 2.67. The van der Waals surface area contributed by atoms with E-state index in [0.29, 0.717) is 5.56 Å². The van der Waals surface area contributed by atoms with Crippen LogP contribution in [-0.4, -0.2) is 23.4 Å². The lowest BCUT2D eigenvalue weighted by Crippen LogP contribution is -2.44. The van der Waals surface area contributed by atoms with Crippen molar-refractivity contribution in [2.24, 2.45) is 5.41 Å². The van der Waals surface area contributed by atoms with Crippen LogP contribution in [0.3, 0.4) is 0 Å². The Morgan fingerprint density at radius 2 is 1.78 bits per heavy atom. The summed E-state index contributed by atoms with van der Waals surface area (Å²) in [5, 5.41) is 11.5. The maximum absolute atomic E-state index is 13.1. The van der Waals surface area contributed by atoms with E-state index in [1.807, 2.05) is 13.8 Å². The molecule has 36 heavy (non-hydrogen) atoms. The molecule has 9 heteroatoms. The van der Waals surface area contributed by atoms with Gasteiger partial charge in [-0.2, -0.15) is 13.2 Å². The number of fused-ring (bicyclic) bond motifs is 1. The van der Waals surface area contributed by atoms with E-state index in [1.165, 1.54) is 6.07 Å². The monoisotopic (exact) mass is 634 g/mol. The average molecular weight is 635 g/mol. The van der Waals surface area contributed by atoms with Crippen LogP contribution in [0.2, 0.25) is 18.1 Å². The molecule has 1 aliphatic rings. The Balaban J connectivity index is 2.18. The summed E-state index contributed by atoms with van der Waals surface area (Å²) >= 11 is 2.27. The third-order valence-electron chi connectivity index (χ3n) is 7.48. The lowest BCUT2D eigenvalue weighted by molar-refractivity contribution is -0.137. The molecule has 2 aromatic rings. The number of pyridine rings is 2. The summed E-state index contributed by atoms with van der Waals surface area (Å²) in [6.07, 6.45) is -3.45. The Hall–Kier alpha value is -1.04. The normalized spacial score (nSPS) is 19.4. The maximum atomic E-state index is 13.1. The molecule has 3 rings (SSSR count). The Morgan fingerprint density at radius 1 is 1.17 bits per heavy atom. The van der Waals surface area contributed by atoms with E-state index in [-0.39, 0.29) is 28.2 Å². The minimum absolute atomic E-state index is 0.000521. The van der Waals surface area contributed by atoms with Crippen LogP contribution in [0.4, 0.5) is 13.2 Å². The van der Waals surface area contributed by atoms with Gasteiger partial charge in [-0.1, -0.05) is 48.5 Å². The largest absolute Gasteiger partial charge is 0.417 e. The number of rotatable bonds is 5. The molecule has 1 unspecified atom stereocenters. The van der Waals surface area contributed by atoms with Gasteiger partial charge < -0.3 is 9.53 Å². The van der Waals surface area contributed by atoms with Crippen molar-refractivity contribution in [3.63, 3.8) is 0 Å². The zero-order valence-electron chi connectivity index (χ0n) is 22.6. The van der Waals surface area contributed by atoms with Crippen molar-refractivity contribution in [3.05, 3.63) is 55.7 Å². The van der Waals surface area contributed by atoms with Gasteiger partial charge >= 0.3 is 6.18 Å². The number of aromatic nitrogens is 2. The van der Waals surface area contributed by atoms with Gasteiger partial charge in [0, 0.05) is 26.6 Å². The Morgan fingerprint density at radius 3 is 2.25 bits per heavy atom. The second-order valence-electron chi connectivity index (χ2n) is 12.5. The lowest BCUT2D eigenvalue weighted by atomic mass is 9.74. The predicted molar refractivity (Wildman–Crippen MR) is 147 cm³/mol. The van der Waals surface area contributed by atoms with Gasteiger partial charge in [0.05, 0.1) is 23.1 Å². The molecule has 2 atom stereocenters. The van der Waals surface area contributed by atoms with Crippen LogP contribution in [0.15, 0.2) is 18.3 Å². The van der Waals surface area contributed by atoms with E-state index >= 15 is 0 Å². The van der Waals surface area contributed by atoms with Crippen LogP contribution in [0.1, 0.15) is 107 Å². The van der Waals surface area contributed by atoms with E-state index < -0.39 is 26.2 Å². The van der Waals surface area contributed by atoms with Gasteiger partial charge in [0.15, 0.2) is 8.32 Å². The summed E-state index contributed by atoms with van der Waals surface area (Å²) in [5.74, 6) is 0.00714. The second-order valence-corrected chi connectivity index (χ2v) is 18.4. The molecule has 0 aromatic carbocycles. The van der Waals surface area contributed by atoms with Crippen LogP contribution >= 0.6 is 22.6 Å². The van der Waals surface area contributed by atoms with Gasteiger partial charge in [-0.15, -0.1) is 0 Å². The molecule has 1 N–H and O–H groups in total. The van der Waals surface area contributed by atoms with E-state index in [1.54, 1.807) is 0 Å². The minimum Gasteiger partial charge on any atom is -0.410 e. The zero-order valence-corrected chi connectivity index (χ0v) is 25.8. The topological polar surface area (TPSA) is 55.2 Å². The zero-order chi connectivity index (χ0) is 27.4. The number of halogens is 4. The molecule has 4 nitrogen and oxygen atoms in total. The summed E-state index contributed by atoms with van der Waals surface area (Å²) in [7, 11) is -2.13. The number of hydrogen-bond acceptors (Lipinski definition) is 4. The fraction of sp³-hybridized carbons (Fsp3) is 0.630. The van der Waals surface area contributed by atoms with Crippen molar-refractivity contribution in [3.8, 4) is 0 Å². The van der Waals surface area contributed by atoms with E-state index in [0.717, 1.165) is 45.6 Å². The van der Waals surface area contributed by atoms with Crippen LogP contribution in [-0.2, 0) is 17.0 Å². The highest BCUT2D eigenvalue weighted by atomic mass is 127. The third-order valence-corrected chi connectivity index (χ3v) is 13.1. The molecule has 2 aromatic heterocycles. The highest BCUT2D eigenvalue weighted by Crippen LogP contribution is 2.50. The van der Waals surface area contributed by atoms with Gasteiger partial charge in [-0.05, 0) is 77.0 Å². The number of nitrogens with zero attached hydrogens (tertiary/aromatic N) is 2. The Labute approximate surface area is 227 Å². The SMILES string of the molecule is CC(C)c1nc2c(c(I)c1C(O)c1ccc(C(F)(F)F)cn1)[C@@H](O[Si](C)(C)C(C)(C)C)CC(C)(C)C2. The average Bonchev–Trinajstić information content (AvgIpc) is 2.70. The number of hydrogen-bond donors (Lipinski definition) is 1. The van der Waals surface area contributed by atoms with E-state index in [2.05, 4.69) is 75.3 Å². The summed E-state index contributed by atoms with van der Waals surface area (Å²) < 4.78 is 47.0. The van der Waals surface area contributed by atoms with Crippen LogP contribution in [0.5, 0.6) is 0 Å². The minimum atomic E-state index is -4.48. The second kappa shape index (κ2) is 9.93. The van der Waals surface area contributed by atoms with Gasteiger partial charge in [-0.3, -0.25) is 9.97 Å². The fourth-order valence-corrected chi connectivity index (χ4v) is 6.95. The Kier molecular flexibility index (Phi) is 8.14. The molecule has 1 aliphatic carbocycles. The summed E-state index contributed by atoms with van der Waals surface area (Å²) in [6.45, 7) is 19.6. The lowest BCUT2D eigenvalue weighted by Gasteiger charge is -2.44. The first-order valence-electron chi connectivity index (χ1n) is 12.4. The summed E-state index contributed by atoms with van der Waals surface area (Å²) in [4.78, 5) is 9.06. The molecule has 0 radical (unpaired) electrons. The molecule has 0 aliphatic heterocycles. The van der Waals surface area contributed by atoms with Gasteiger partial charge in [-0.25, -0.2) is 0 Å². The van der Waals surface area contributed by atoms with Crippen molar-refractivity contribution in [1.82, 2.24) is 9.97 Å². The molecule has 0 saturated heterocycles. The smallest absolute Gasteiger partial charge is 0.410 e. The first-order chi connectivity index (χ1) is 16.2. The standard InChI is InChI=1S/C27H38F3IN2O2Si/c1-15(2)23-21(24(34)17-11-10-16(14-32-17)27(28,29)30)22(31)20-18(33-23)12-26(6,7)13-19(20)35-36(8,9)25(3,4)5/h10-11,14-15,19,24,34H,12-13H2,1-9H3/t19-,24?/m0/s1. The van der Waals surface area contributed by atoms with Crippen molar-refractivity contribution >= 4 is 30.9 Å². The summed E-state index contributed by atoms with van der Waals surface area (Å²) in [6, 6.07) is 2.21. The highest BCUT2D eigenvalue weighted by molar-refractivity contribution is 14.1. The molecular formula is C27H38F3IN2O2Si. The van der Waals surface area contributed by atoms with Gasteiger partial charge in [0.25, 0.3) is 0 Å². The van der Waals surface area contributed by atoms with Crippen molar-refractivity contribution < 1.29 is 22.7 Å². The number of alkyl halides is 3. The molecular weight excluding hydrogens is 596 g/mol. The third kappa shape index (κ3) is 5.99. The Bertz CT molecular complexity index is 1110. The molecule has 2 heterocycles. The first kappa shape index (κ1) is 29.5. The van der Waals surface area contributed by atoms with Gasteiger partial charge in [0.1, 0.15) is 6.10 Å². The number of aliphatic hydroxyl groups excluding tert-OH is 1. The van der Waals surface area contributed by atoms with Gasteiger partial charge in [0.2, 0.25) is 0 Å². The molecule has 0 fully saturated rings. The van der Waals surface area contributed by atoms with Crippen molar-refractivity contribution in [2.45, 2.75) is 104 Å². The van der Waals surface area contributed by atoms with Crippen LogP contribution < -0.4 is 0 Å². The quantitative estimate of drug-likeness (QED) is 0.266. The molecule has 0 saturated carbocycles. The highest BCUT2D eigenvalue weighted by Gasteiger charge is 2.44. The molecule has 0 spiro atoms. The van der Waals surface area contributed by atoms with E-state index in [9.17, 15) is 18.3 Å². The molecule has 0 bridgehead atoms. The van der Waals surface area contributed by atoms with Crippen LogP contribution in [0.25, 0.3) is 0 Å². The molecule has 200 valence electrons. The maximum Gasteiger partial charge on any atom is 0.417 e. The van der Waals surface area contributed by atoms with E-state index in [4.69, 9.17) is 9.41 Å². The number of aliphatic hydroxyl groups is 1. The predicted octanol–water partition coefficient (Wildman–Crippen LogP) is 8.34. The fourth-order valence-electron chi connectivity index (χ4n) is 4.46.